The number of likely N-dealkylation sites (tertiary alicyclic amines) is 1. The van der Waals surface area contributed by atoms with Crippen molar-refractivity contribution in [2.75, 3.05) is 18.0 Å². The highest BCUT2D eigenvalue weighted by Gasteiger charge is 2.43. The molecule has 2 aliphatic heterocycles. The summed E-state index contributed by atoms with van der Waals surface area (Å²) in [4.78, 5) is 30.7. The van der Waals surface area contributed by atoms with Crippen molar-refractivity contribution in [2.24, 2.45) is 5.92 Å². The number of thiophene rings is 1. The Morgan fingerprint density at radius 3 is 2.56 bits per heavy atom. The van der Waals surface area contributed by atoms with Crippen molar-refractivity contribution >= 4 is 34.4 Å². The van der Waals surface area contributed by atoms with Crippen molar-refractivity contribution < 1.29 is 9.59 Å². The lowest BCUT2D eigenvalue weighted by molar-refractivity contribution is -0.120. The minimum atomic E-state index is -0.291. The summed E-state index contributed by atoms with van der Waals surface area (Å²) in [6.07, 6.45) is 2.15. The first kappa shape index (κ1) is 17.5. The van der Waals surface area contributed by atoms with E-state index in [9.17, 15) is 9.59 Å². The first-order valence-corrected chi connectivity index (χ1v) is 9.90. The van der Waals surface area contributed by atoms with Crippen LogP contribution in [0.3, 0.4) is 0 Å². The van der Waals surface area contributed by atoms with Gasteiger partial charge >= 0.3 is 0 Å². The van der Waals surface area contributed by atoms with E-state index >= 15 is 0 Å². The quantitative estimate of drug-likeness (QED) is 0.766. The van der Waals surface area contributed by atoms with Crippen LogP contribution in [0, 0.1) is 17.2 Å². The van der Waals surface area contributed by atoms with Gasteiger partial charge in [-0.2, -0.15) is 5.26 Å². The molecule has 0 bridgehead atoms. The number of carbonyl (C=O) groups excluding carboxylic acids is 2. The molecule has 2 aliphatic rings. The molecule has 0 N–H and O–H groups in total. The zero-order valence-electron chi connectivity index (χ0n) is 15.0. The lowest BCUT2D eigenvalue weighted by atomic mass is 9.99. The minimum absolute atomic E-state index is 0.276. The predicted octanol–water partition coefficient (Wildman–Crippen LogP) is 3.64. The number of carbonyl (C=O) groups is 2. The second kappa shape index (κ2) is 7.01. The van der Waals surface area contributed by atoms with E-state index in [1.807, 2.05) is 17.5 Å². The number of imide groups is 1. The smallest absolute Gasteiger partial charge is 0.282 e. The number of hydrogen-bond donors (Lipinski definition) is 0. The van der Waals surface area contributed by atoms with Crippen molar-refractivity contribution in [1.82, 2.24) is 4.90 Å². The first-order chi connectivity index (χ1) is 13.1. The van der Waals surface area contributed by atoms with Crippen LogP contribution in [0.1, 0.15) is 30.2 Å². The summed E-state index contributed by atoms with van der Waals surface area (Å²) in [5.41, 5.74) is 2.00. The zero-order chi connectivity index (χ0) is 19.0. The molecule has 5 nitrogen and oxygen atoms in total. The summed E-state index contributed by atoms with van der Waals surface area (Å²) in [7, 11) is 0. The van der Waals surface area contributed by atoms with Crippen molar-refractivity contribution in [3.8, 4) is 6.07 Å². The molecule has 4 rings (SSSR count). The Labute approximate surface area is 162 Å². The number of piperidine rings is 1. The monoisotopic (exact) mass is 377 g/mol. The van der Waals surface area contributed by atoms with Crippen LogP contribution in [0.15, 0.2) is 47.5 Å². The van der Waals surface area contributed by atoms with Crippen molar-refractivity contribution in [3.63, 3.8) is 0 Å². The molecular weight excluding hydrogens is 358 g/mol. The van der Waals surface area contributed by atoms with E-state index in [-0.39, 0.29) is 11.8 Å². The zero-order valence-corrected chi connectivity index (χ0v) is 15.8. The third-order valence-electron chi connectivity index (χ3n) is 5.05. The standard InChI is InChI=1S/C21H19N3O2S/c1-14-4-2-10-23(13-14)19-18(17-5-3-11-27-17)20(25)24(21(19)26)16-8-6-15(12-22)7-9-16/h3,5-9,11,14H,2,4,10,13H2,1H3. The second-order valence-electron chi connectivity index (χ2n) is 7.00. The number of nitriles is 1. The number of hydrogen-bond acceptors (Lipinski definition) is 5. The molecule has 3 heterocycles. The van der Waals surface area contributed by atoms with Crippen molar-refractivity contribution in [1.29, 1.82) is 5.26 Å². The number of benzene rings is 1. The number of amides is 2. The van der Waals surface area contributed by atoms with Crippen molar-refractivity contribution in [3.05, 3.63) is 57.9 Å². The molecule has 1 aromatic carbocycles. The Bertz CT molecular complexity index is 954. The normalized spacial score (nSPS) is 20.4. The van der Waals surface area contributed by atoms with Gasteiger partial charge in [0.15, 0.2) is 0 Å². The SMILES string of the molecule is CC1CCCN(C2=C(c3cccs3)C(=O)N(c3ccc(C#N)cc3)C2=O)C1. The Morgan fingerprint density at radius 1 is 1.15 bits per heavy atom. The maximum Gasteiger partial charge on any atom is 0.282 e. The highest BCUT2D eigenvalue weighted by Crippen LogP contribution is 2.37. The molecule has 0 radical (unpaired) electrons. The summed E-state index contributed by atoms with van der Waals surface area (Å²) in [5.74, 6) is -0.0784. The molecule has 1 atom stereocenters. The van der Waals surface area contributed by atoms with Gasteiger partial charge in [-0.1, -0.05) is 13.0 Å². The van der Waals surface area contributed by atoms with Crippen LogP contribution in [0.2, 0.25) is 0 Å². The molecule has 1 unspecified atom stereocenters. The Morgan fingerprint density at radius 2 is 1.93 bits per heavy atom. The predicted molar refractivity (Wildman–Crippen MR) is 105 cm³/mol. The molecule has 0 spiro atoms. The number of rotatable bonds is 3. The molecule has 0 saturated carbocycles. The second-order valence-corrected chi connectivity index (χ2v) is 7.95. The highest BCUT2D eigenvalue weighted by atomic mass is 32.1. The molecule has 2 amide bonds. The molecule has 0 aliphatic carbocycles. The van der Waals surface area contributed by atoms with Gasteiger partial charge in [-0.3, -0.25) is 9.59 Å². The lowest BCUT2D eigenvalue weighted by Crippen LogP contribution is -2.39. The largest absolute Gasteiger partial charge is 0.366 e. The van der Waals surface area contributed by atoms with E-state index in [1.165, 1.54) is 16.2 Å². The van der Waals surface area contributed by atoms with Gasteiger partial charge in [0.1, 0.15) is 5.70 Å². The van der Waals surface area contributed by atoms with Gasteiger partial charge in [-0.25, -0.2) is 4.90 Å². The van der Waals surface area contributed by atoms with E-state index < -0.39 is 0 Å². The summed E-state index contributed by atoms with van der Waals surface area (Å²) >= 11 is 1.47. The topological polar surface area (TPSA) is 64.4 Å². The van der Waals surface area contributed by atoms with Gasteiger partial charge in [0, 0.05) is 18.0 Å². The van der Waals surface area contributed by atoms with E-state index in [0.717, 1.165) is 30.8 Å². The molecule has 1 fully saturated rings. The molecule has 2 aromatic rings. The molecule has 136 valence electrons. The van der Waals surface area contributed by atoms with Gasteiger partial charge < -0.3 is 4.90 Å². The third kappa shape index (κ3) is 3.04. The van der Waals surface area contributed by atoms with Crippen molar-refractivity contribution in [2.45, 2.75) is 19.8 Å². The van der Waals surface area contributed by atoms with Crippen LogP contribution in [0.25, 0.3) is 5.57 Å². The van der Waals surface area contributed by atoms with Crippen LogP contribution in [-0.2, 0) is 9.59 Å². The molecule has 1 saturated heterocycles. The van der Waals surface area contributed by atoms with E-state index in [0.29, 0.717) is 28.4 Å². The van der Waals surface area contributed by atoms with Crippen LogP contribution < -0.4 is 4.90 Å². The third-order valence-corrected chi connectivity index (χ3v) is 5.94. The highest BCUT2D eigenvalue weighted by molar-refractivity contribution is 7.11. The minimum Gasteiger partial charge on any atom is -0.366 e. The Kier molecular flexibility index (Phi) is 4.54. The Hall–Kier alpha value is -2.91. The van der Waals surface area contributed by atoms with Crippen LogP contribution in [-0.4, -0.2) is 29.8 Å². The van der Waals surface area contributed by atoms with Gasteiger partial charge in [0.05, 0.1) is 22.9 Å². The van der Waals surface area contributed by atoms with Crippen LogP contribution in [0.4, 0.5) is 5.69 Å². The van der Waals surface area contributed by atoms with Crippen LogP contribution >= 0.6 is 11.3 Å². The summed E-state index contributed by atoms with van der Waals surface area (Å²) in [6.45, 7) is 3.75. The van der Waals surface area contributed by atoms with E-state index in [4.69, 9.17) is 5.26 Å². The molecular formula is C21H19N3O2S. The first-order valence-electron chi connectivity index (χ1n) is 9.02. The molecule has 27 heavy (non-hydrogen) atoms. The van der Waals surface area contributed by atoms with E-state index in [1.54, 1.807) is 24.3 Å². The fourth-order valence-corrected chi connectivity index (χ4v) is 4.53. The average molecular weight is 377 g/mol. The summed E-state index contributed by atoms with van der Waals surface area (Å²) < 4.78 is 0. The van der Waals surface area contributed by atoms with Gasteiger partial charge in [-0.05, 0) is 54.5 Å². The maximum absolute atomic E-state index is 13.3. The molecule has 6 heteroatoms. The van der Waals surface area contributed by atoms with Gasteiger partial charge in [0.2, 0.25) is 0 Å². The van der Waals surface area contributed by atoms with E-state index in [2.05, 4.69) is 17.9 Å². The summed E-state index contributed by atoms with van der Waals surface area (Å²) in [5, 5.41) is 10.9. The molecule has 1 aromatic heterocycles. The Balaban J connectivity index is 1.78. The number of anilines is 1. The fraction of sp³-hybridized carbons (Fsp3) is 0.286. The summed E-state index contributed by atoms with van der Waals surface area (Å²) in [6, 6.07) is 12.4. The maximum atomic E-state index is 13.3. The van der Waals surface area contributed by atoms with Crippen LogP contribution in [0.5, 0.6) is 0 Å². The number of nitrogens with zero attached hydrogens (tertiary/aromatic N) is 3. The lowest BCUT2D eigenvalue weighted by Gasteiger charge is -2.33. The van der Waals surface area contributed by atoms with Gasteiger partial charge in [-0.15, -0.1) is 11.3 Å². The van der Waals surface area contributed by atoms with Gasteiger partial charge in [0.25, 0.3) is 11.8 Å². The average Bonchev–Trinajstić information content (AvgIpc) is 3.28. The fourth-order valence-electron chi connectivity index (χ4n) is 3.77.